The lowest BCUT2D eigenvalue weighted by Crippen LogP contribution is -2.22. The molecule has 1 rings (SSSR count). The van der Waals surface area contributed by atoms with E-state index in [1.165, 1.54) is 7.11 Å². The molecule has 0 radical (unpaired) electrons. The van der Waals surface area contributed by atoms with Crippen molar-refractivity contribution >= 4 is 29.2 Å². The van der Waals surface area contributed by atoms with Gasteiger partial charge in [-0.2, -0.15) is 0 Å². The van der Waals surface area contributed by atoms with Crippen LogP contribution >= 0.6 is 23.2 Å². The molecule has 0 aromatic heterocycles. The quantitative estimate of drug-likeness (QED) is 0.774. The van der Waals surface area contributed by atoms with Gasteiger partial charge < -0.3 is 9.64 Å². The molecule has 0 heterocycles. The molecule has 17 heavy (non-hydrogen) atoms. The summed E-state index contributed by atoms with van der Waals surface area (Å²) < 4.78 is 4.58. The predicted molar refractivity (Wildman–Crippen MR) is 69.4 cm³/mol. The minimum Gasteiger partial charge on any atom is -0.469 e. The molecule has 0 N–H and O–H groups in total. The molecular weight excluding hydrogens is 261 g/mol. The second kappa shape index (κ2) is 6.84. The van der Waals surface area contributed by atoms with Crippen LogP contribution in [0, 0.1) is 0 Å². The Morgan fingerprint density at radius 3 is 2.76 bits per heavy atom. The number of benzene rings is 1. The smallest absolute Gasteiger partial charge is 0.306 e. The van der Waals surface area contributed by atoms with Gasteiger partial charge in [0.15, 0.2) is 0 Å². The maximum Gasteiger partial charge on any atom is 0.306 e. The first kappa shape index (κ1) is 14.3. The molecule has 5 heteroatoms. The molecule has 0 fully saturated rings. The van der Waals surface area contributed by atoms with E-state index >= 15 is 0 Å². The zero-order chi connectivity index (χ0) is 12.8. The standard InChI is InChI=1S/C12H15Cl2NO2/c1-15(7-6-11(16)17-2)8-9-4-3-5-10(13)12(9)14/h3-5H,6-8H2,1-2H3. The second-order valence-corrected chi connectivity index (χ2v) is 4.56. The highest BCUT2D eigenvalue weighted by atomic mass is 35.5. The van der Waals surface area contributed by atoms with Crippen molar-refractivity contribution in [3.63, 3.8) is 0 Å². The molecular formula is C12H15Cl2NO2. The van der Waals surface area contributed by atoms with Gasteiger partial charge in [-0.1, -0.05) is 35.3 Å². The van der Waals surface area contributed by atoms with Crippen LogP contribution in [0.2, 0.25) is 10.0 Å². The van der Waals surface area contributed by atoms with Gasteiger partial charge in [0.05, 0.1) is 23.6 Å². The summed E-state index contributed by atoms with van der Waals surface area (Å²) in [6.45, 7) is 1.27. The number of rotatable bonds is 5. The topological polar surface area (TPSA) is 29.5 Å². The first-order valence-corrected chi connectivity index (χ1v) is 5.98. The van der Waals surface area contributed by atoms with Gasteiger partial charge in [0.2, 0.25) is 0 Å². The van der Waals surface area contributed by atoms with Crippen molar-refractivity contribution in [1.29, 1.82) is 0 Å². The number of methoxy groups -OCH3 is 1. The average Bonchev–Trinajstić information content (AvgIpc) is 2.32. The Labute approximate surface area is 111 Å². The zero-order valence-corrected chi connectivity index (χ0v) is 11.4. The van der Waals surface area contributed by atoms with Crippen LogP contribution in [-0.4, -0.2) is 31.6 Å². The van der Waals surface area contributed by atoms with E-state index in [0.717, 1.165) is 5.56 Å². The van der Waals surface area contributed by atoms with Crippen LogP contribution in [0.5, 0.6) is 0 Å². The molecule has 0 aliphatic heterocycles. The van der Waals surface area contributed by atoms with Crippen molar-refractivity contribution in [3.05, 3.63) is 33.8 Å². The molecule has 1 aromatic rings. The summed E-state index contributed by atoms with van der Waals surface area (Å²) in [4.78, 5) is 13.0. The predicted octanol–water partition coefficient (Wildman–Crippen LogP) is 2.99. The number of nitrogens with zero attached hydrogens (tertiary/aromatic N) is 1. The van der Waals surface area contributed by atoms with Crippen molar-refractivity contribution in [3.8, 4) is 0 Å². The number of hydrogen-bond donors (Lipinski definition) is 0. The molecule has 0 aliphatic rings. The molecule has 0 atom stereocenters. The van der Waals surface area contributed by atoms with Crippen molar-refractivity contribution in [2.45, 2.75) is 13.0 Å². The fourth-order valence-corrected chi connectivity index (χ4v) is 1.80. The molecule has 0 saturated carbocycles. The van der Waals surface area contributed by atoms with Crippen LogP contribution in [0.3, 0.4) is 0 Å². The Morgan fingerprint density at radius 1 is 1.41 bits per heavy atom. The lowest BCUT2D eigenvalue weighted by Gasteiger charge is -2.17. The van der Waals surface area contributed by atoms with Gasteiger partial charge in [0.1, 0.15) is 0 Å². The van der Waals surface area contributed by atoms with Crippen LogP contribution in [0.1, 0.15) is 12.0 Å². The lowest BCUT2D eigenvalue weighted by atomic mass is 10.2. The highest BCUT2D eigenvalue weighted by molar-refractivity contribution is 6.42. The third-order valence-corrected chi connectivity index (χ3v) is 3.26. The molecule has 94 valence electrons. The van der Waals surface area contributed by atoms with E-state index in [2.05, 4.69) is 4.74 Å². The molecule has 3 nitrogen and oxygen atoms in total. The molecule has 0 aliphatic carbocycles. The SMILES string of the molecule is COC(=O)CCN(C)Cc1cccc(Cl)c1Cl. The summed E-state index contributed by atoms with van der Waals surface area (Å²) >= 11 is 12.0. The Hall–Kier alpha value is -0.770. The minimum absolute atomic E-state index is 0.214. The summed E-state index contributed by atoms with van der Waals surface area (Å²) in [6, 6.07) is 5.53. The van der Waals surface area contributed by atoms with E-state index in [-0.39, 0.29) is 5.97 Å². The zero-order valence-electron chi connectivity index (χ0n) is 9.87. The van der Waals surface area contributed by atoms with E-state index in [0.29, 0.717) is 29.6 Å². The number of ether oxygens (including phenoxy) is 1. The van der Waals surface area contributed by atoms with E-state index in [1.807, 2.05) is 24.1 Å². The fourth-order valence-electron chi connectivity index (χ4n) is 1.42. The van der Waals surface area contributed by atoms with E-state index in [1.54, 1.807) is 6.07 Å². The largest absolute Gasteiger partial charge is 0.469 e. The number of carbonyl (C=O) groups excluding carboxylic acids is 1. The van der Waals surface area contributed by atoms with Crippen LogP contribution < -0.4 is 0 Å². The van der Waals surface area contributed by atoms with Gasteiger partial charge in [0, 0.05) is 13.1 Å². The molecule has 0 saturated heterocycles. The highest BCUT2D eigenvalue weighted by Crippen LogP contribution is 2.26. The number of carbonyl (C=O) groups is 1. The van der Waals surface area contributed by atoms with E-state index in [4.69, 9.17) is 23.2 Å². The van der Waals surface area contributed by atoms with Crippen molar-refractivity contribution in [1.82, 2.24) is 4.90 Å². The molecule has 1 aromatic carbocycles. The highest BCUT2D eigenvalue weighted by Gasteiger charge is 2.08. The van der Waals surface area contributed by atoms with Gasteiger partial charge in [-0.25, -0.2) is 0 Å². The van der Waals surface area contributed by atoms with Crippen LogP contribution in [0.25, 0.3) is 0 Å². The van der Waals surface area contributed by atoms with E-state index < -0.39 is 0 Å². The third kappa shape index (κ3) is 4.54. The maximum atomic E-state index is 11.0. The molecule has 0 spiro atoms. The third-order valence-electron chi connectivity index (χ3n) is 2.40. The fraction of sp³-hybridized carbons (Fsp3) is 0.417. The van der Waals surface area contributed by atoms with Crippen molar-refractivity contribution in [2.24, 2.45) is 0 Å². The van der Waals surface area contributed by atoms with Gasteiger partial charge in [0.25, 0.3) is 0 Å². The number of esters is 1. The second-order valence-electron chi connectivity index (χ2n) is 3.78. The summed E-state index contributed by atoms with van der Waals surface area (Å²) in [5.41, 5.74) is 0.950. The van der Waals surface area contributed by atoms with E-state index in [9.17, 15) is 4.79 Å². The normalized spacial score (nSPS) is 10.6. The minimum atomic E-state index is -0.214. The van der Waals surface area contributed by atoms with Crippen LogP contribution in [-0.2, 0) is 16.1 Å². The first-order chi connectivity index (χ1) is 8.04. The average molecular weight is 276 g/mol. The molecule has 0 amide bonds. The maximum absolute atomic E-state index is 11.0. The molecule has 0 unspecified atom stereocenters. The number of hydrogen-bond acceptors (Lipinski definition) is 3. The summed E-state index contributed by atoms with van der Waals surface area (Å²) in [6.07, 6.45) is 0.366. The van der Waals surface area contributed by atoms with Gasteiger partial charge in [-0.3, -0.25) is 4.79 Å². The van der Waals surface area contributed by atoms with Gasteiger partial charge in [-0.15, -0.1) is 0 Å². The summed E-state index contributed by atoms with van der Waals surface area (Å²) in [7, 11) is 3.30. The molecule has 0 bridgehead atoms. The summed E-state index contributed by atoms with van der Waals surface area (Å²) in [5.74, 6) is -0.214. The van der Waals surface area contributed by atoms with Crippen LogP contribution in [0.15, 0.2) is 18.2 Å². The van der Waals surface area contributed by atoms with Gasteiger partial charge in [-0.05, 0) is 18.7 Å². The van der Waals surface area contributed by atoms with Crippen molar-refractivity contribution < 1.29 is 9.53 Å². The summed E-state index contributed by atoms with van der Waals surface area (Å²) in [5, 5.41) is 1.12. The Morgan fingerprint density at radius 2 is 2.12 bits per heavy atom. The Bertz CT molecular complexity index is 396. The lowest BCUT2D eigenvalue weighted by molar-refractivity contribution is -0.140. The first-order valence-electron chi connectivity index (χ1n) is 5.23. The monoisotopic (exact) mass is 275 g/mol. The van der Waals surface area contributed by atoms with Gasteiger partial charge >= 0.3 is 5.97 Å². The van der Waals surface area contributed by atoms with Crippen LogP contribution in [0.4, 0.5) is 0 Å². The number of halogens is 2. The van der Waals surface area contributed by atoms with Crippen molar-refractivity contribution in [2.75, 3.05) is 20.7 Å². The Kier molecular flexibility index (Phi) is 5.75. The Balaban J connectivity index is 2.53.